The lowest BCUT2D eigenvalue weighted by molar-refractivity contribution is -0.123. The summed E-state index contributed by atoms with van der Waals surface area (Å²) in [5.74, 6) is -0.887. The van der Waals surface area contributed by atoms with Gasteiger partial charge in [-0.05, 0) is 60.5 Å². The molecule has 1 aliphatic rings. The fourth-order valence-electron chi connectivity index (χ4n) is 3.35. The molecule has 4 rings (SSSR count). The van der Waals surface area contributed by atoms with Crippen LogP contribution in [0.1, 0.15) is 27.0 Å². The summed E-state index contributed by atoms with van der Waals surface area (Å²) < 4.78 is 13.2. The number of rotatable bonds is 5. The second-order valence-corrected chi connectivity index (χ2v) is 7.64. The van der Waals surface area contributed by atoms with Crippen LogP contribution in [0.3, 0.4) is 0 Å². The molecule has 3 aromatic carbocycles. The van der Waals surface area contributed by atoms with Crippen molar-refractivity contribution in [3.05, 3.63) is 113 Å². The van der Waals surface area contributed by atoms with Gasteiger partial charge in [-0.2, -0.15) is 0 Å². The van der Waals surface area contributed by atoms with Gasteiger partial charge < -0.3 is 16.0 Å². The van der Waals surface area contributed by atoms with Crippen LogP contribution in [0, 0.1) is 12.7 Å². The van der Waals surface area contributed by atoms with E-state index in [9.17, 15) is 14.0 Å². The second kappa shape index (κ2) is 8.89. The van der Waals surface area contributed by atoms with Crippen molar-refractivity contribution in [2.75, 3.05) is 11.1 Å². The van der Waals surface area contributed by atoms with E-state index in [1.807, 2.05) is 37.3 Å². The van der Waals surface area contributed by atoms with Gasteiger partial charge in [-0.1, -0.05) is 42.0 Å². The molecule has 5 nitrogen and oxygen atoms in total. The lowest BCUT2D eigenvalue weighted by atomic mass is 10.1. The molecule has 0 saturated carbocycles. The van der Waals surface area contributed by atoms with Crippen LogP contribution >= 0.6 is 0 Å². The third-order valence-corrected chi connectivity index (χ3v) is 5.17. The zero-order valence-corrected chi connectivity index (χ0v) is 17.5. The van der Waals surface area contributed by atoms with Gasteiger partial charge in [0.05, 0.1) is 17.9 Å². The number of carbonyl (C=O) groups excluding carboxylic acids is 2. The van der Waals surface area contributed by atoms with Crippen LogP contribution in [-0.2, 0) is 11.3 Å². The molecule has 0 spiro atoms. The molecular formula is C26H22FN3O2. The van der Waals surface area contributed by atoms with E-state index < -0.39 is 5.82 Å². The monoisotopic (exact) mass is 427 g/mol. The molecule has 0 aliphatic carbocycles. The SMILES string of the molecule is Cc1ccc(/C=C2\C=CN(Cc3ccc(C(=O)Nc4ccc(F)cc4N)cc3)C2=O)cc1. The molecule has 2 amide bonds. The fraction of sp³-hybridized carbons (Fsp3) is 0.0769. The third kappa shape index (κ3) is 4.75. The van der Waals surface area contributed by atoms with Gasteiger partial charge in [0.15, 0.2) is 0 Å². The van der Waals surface area contributed by atoms with Gasteiger partial charge in [-0.25, -0.2) is 4.39 Å². The van der Waals surface area contributed by atoms with Crippen LogP contribution in [0.15, 0.2) is 84.6 Å². The highest BCUT2D eigenvalue weighted by Gasteiger charge is 2.21. The molecule has 0 bridgehead atoms. The Bertz CT molecular complexity index is 1230. The van der Waals surface area contributed by atoms with E-state index in [0.29, 0.717) is 23.4 Å². The van der Waals surface area contributed by atoms with E-state index in [1.165, 1.54) is 17.7 Å². The van der Waals surface area contributed by atoms with Crippen LogP contribution < -0.4 is 11.1 Å². The Morgan fingerprint density at radius 2 is 1.78 bits per heavy atom. The smallest absolute Gasteiger partial charge is 0.258 e. The van der Waals surface area contributed by atoms with Gasteiger partial charge in [-0.3, -0.25) is 9.59 Å². The lowest BCUT2D eigenvalue weighted by Crippen LogP contribution is -2.21. The van der Waals surface area contributed by atoms with E-state index in [4.69, 9.17) is 5.73 Å². The first-order valence-electron chi connectivity index (χ1n) is 10.1. The summed E-state index contributed by atoms with van der Waals surface area (Å²) in [6, 6.07) is 18.7. The highest BCUT2D eigenvalue weighted by molar-refractivity contribution is 6.06. The van der Waals surface area contributed by atoms with Crippen LogP contribution in [0.2, 0.25) is 0 Å². The first-order chi connectivity index (χ1) is 15.4. The highest BCUT2D eigenvalue weighted by Crippen LogP contribution is 2.22. The molecular weight excluding hydrogens is 405 g/mol. The first kappa shape index (κ1) is 21.1. The highest BCUT2D eigenvalue weighted by atomic mass is 19.1. The Balaban J connectivity index is 1.39. The van der Waals surface area contributed by atoms with Crippen molar-refractivity contribution in [3.8, 4) is 0 Å². The molecule has 6 heteroatoms. The van der Waals surface area contributed by atoms with Crippen molar-refractivity contribution in [3.63, 3.8) is 0 Å². The van der Waals surface area contributed by atoms with Crippen LogP contribution in [0.4, 0.5) is 15.8 Å². The lowest BCUT2D eigenvalue weighted by Gasteiger charge is -2.14. The number of nitrogens with two attached hydrogens (primary N) is 1. The van der Waals surface area contributed by atoms with Gasteiger partial charge >= 0.3 is 0 Å². The summed E-state index contributed by atoms with van der Waals surface area (Å²) >= 11 is 0. The largest absolute Gasteiger partial charge is 0.397 e. The summed E-state index contributed by atoms with van der Waals surface area (Å²) in [5, 5.41) is 2.67. The molecule has 1 heterocycles. The summed E-state index contributed by atoms with van der Waals surface area (Å²) in [6.45, 7) is 2.42. The molecule has 0 atom stereocenters. The number of amides is 2. The number of hydrogen-bond acceptors (Lipinski definition) is 3. The summed E-state index contributed by atoms with van der Waals surface area (Å²) in [7, 11) is 0. The van der Waals surface area contributed by atoms with Crippen LogP contribution in [0.5, 0.6) is 0 Å². The fourth-order valence-corrected chi connectivity index (χ4v) is 3.35. The Kier molecular flexibility index (Phi) is 5.85. The number of benzene rings is 3. The van der Waals surface area contributed by atoms with Gasteiger partial charge in [0.25, 0.3) is 11.8 Å². The number of halogens is 1. The molecule has 0 unspecified atom stereocenters. The number of nitrogens with one attached hydrogen (secondary N) is 1. The van der Waals surface area contributed by atoms with Gasteiger partial charge in [-0.15, -0.1) is 0 Å². The van der Waals surface area contributed by atoms with E-state index in [1.54, 1.807) is 41.4 Å². The average Bonchev–Trinajstić information content (AvgIpc) is 3.11. The maximum absolute atomic E-state index is 13.2. The van der Waals surface area contributed by atoms with Crippen molar-refractivity contribution in [1.29, 1.82) is 0 Å². The molecule has 0 radical (unpaired) electrons. The normalized spacial score (nSPS) is 14.2. The Labute approximate surface area is 185 Å². The van der Waals surface area contributed by atoms with E-state index in [-0.39, 0.29) is 17.5 Å². The minimum Gasteiger partial charge on any atom is -0.397 e. The number of aryl methyl sites for hydroxylation is 1. The van der Waals surface area contributed by atoms with Crippen molar-refractivity contribution in [2.45, 2.75) is 13.5 Å². The number of carbonyl (C=O) groups is 2. The standard InChI is InChI=1S/C26H22FN3O2/c1-17-2-4-18(5-3-17)14-21-12-13-30(26(21)32)16-19-6-8-20(9-7-19)25(31)29-24-11-10-22(27)15-23(24)28/h2-15H,16,28H2,1H3,(H,29,31)/b21-14+. The molecule has 0 saturated heterocycles. The zero-order chi connectivity index (χ0) is 22.7. The molecule has 0 fully saturated rings. The predicted molar refractivity (Wildman–Crippen MR) is 124 cm³/mol. The average molecular weight is 427 g/mol. The van der Waals surface area contributed by atoms with Crippen molar-refractivity contribution in [2.24, 2.45) is 0 Å². The molecule has 1 aliphatic heterocycles. The third-order valence-electron chi connectivity index (χ3n) is 5.17. The van der Waals surface area contributed by atoms with Crippen LogP contribution in [0.25, 0.3) is 6.08 Å². The number of nitrogens with zero attached hydrogens (tertiary/aromatic N) is 1. The van der Waals surface area contributed by atoms with Gasteiger partial charge in [0.1, 0.15) is 5.82 Å². The predicted octanol–water partition coefficient (Wildman–Crippen LogP) is 4.91. The van der Waals surface area contributed by atoms with Gasteiger partial charge in [0, 0.05) is 17.3 Å². The zero-order valence-electron chi connectivity index (χ0n) is 17.5. The van der Waals surface area contributed by atoms with Crippen molar-refractivity contribution >= 4 is 29.3 Å². The minimum atomic E-state index is -0.466. The van der Waals surface area contributed by atoms with Crippen molar-refractivity contribution < 1.29 is 14.0 Å². The van der Waals surface area contributed by atoms with E-state index in [0.717, 1.165) is 17.2 Å². The van der Waals surface area contributed by atoms with Gasteiger partial charge in [0.2, 0.25) is 0 Å². The second-order valence-electron chi connectivity index (χ2n) is 7.64. The Morgan fingerprint density at radius 1 is 1.06 bits per heavy atom. The minimum absolute atomic E-state index is 0.0702. The summed E-state index contributed by atoms with van der Waals surface area (Å²) in [5.41, 5.74) is 10.3. The molecule has 160 valence electrons. The molecule has 3 N–H and O–H groups in total. The number of nitrogen functional groups attached to an aromatic ring is 1. The molecule has 0 aromatic heterocycles. The van der Waals surface area contributed by atoms with E-state index >= 15 is 0 Å². The topological polar surface area (TPSA) is 75.4 Å². The molecule has 3 aromatic rings. The maximum Gasteiger partial charge on any atom is 0.258 e. The van der Waals surface area contributed by atoms with Crippen LogP contribution in [-0.4, -0.2) is 16.7 Å². The van der Waals surface area contributed by atoms with E-state index in [2.05, 4.69) is 5.32 Å². The Hall–Kier alpha value is -4.19. The quantitative estimate of drug-likeness (QED) is 0.449. The number of hydrogen-bond donors (Lipinski definition) is 2. The Morgan fingerprint density at radius 3 is 2.47 bits per heavy atom. The van der Waals surface area contributed by atoms with Crippen molar-refractivity contribution in [1.82, 2.24) is 4.90 Å². The number of anilines is 2. The summed E-state index contributed by atoms with van der Waals surface area (Å²) in [6.07, 6.45) is 5.43. The molecule has 32 heavy (non-hydrogen) atoms. The first-order valence-corrected chi connectivity index (χ1v) is 10.1. The summed E-state index contributed by atoms with van der Waals surface area (Å²) in [4.78, 5) is 26.8. The maximum atomic E-state index is 13.2.